The number of hydrogen-bond donors (Lipinski definition) is 2. The van der Waals surface area contributed by atoms with Gasteiger partial charge in [-0.3, -0.25) is 4.79 Å². The van der Waals surface area contributed by atoms with Crippen LogP contribution in [0.4, 0.5) is 5.69 Å². The minimum absolute atomic E-state index is 0.193. The number of nitrogens with one attached hydrogen (secondary N) is 1. The van der Waals surface area contributed by atoms with Crippen LogP contribution in [0.3, 0.4) is 0 Å². The number of benzene rings is 1. The molecule has 19 heavy (non-hydrogen) atoms. The van der Waals surface area contributed by atoms with Gasteiger partial charge in [-0.15, -0.1) is 11.8 Å². The van der Waals surface area contributed by atoms with Crippen molar-refractivity contribution in [2.24, 2.45) is 0 Å². The van der Waals surface area contributed by atoms with E-state index < -0.39 is 0 Å². The highest BCUT2D eigenvalue weighted by molar-refractivity contribution is 7.99. The maximum Gasteiger partial charge on any atom is 0.250 e. The van der Waals surface area contributed by atoms with Gasteiger partial charge in [-0.05, 0) is 30.3 Å². The molecule has 6 heteroatoms. The van der Waals surface area contributed by atoms with Crippen LogP contribution < -0.4 is 16.0 Å². The summed E-state index contributed by atoms with van der Waals surface area (Å²) < 4.78 is 5.54. The Balaban J connectivity index is 1.80. The summed E-state index contributed by atoms with van der Waals surface area (Å²) in [5.41, 5.74) is 5.86. The molecular weight excluding hydrogens is 284 g/mol. The van der Waals surface area contributed by atoms with E-state index in [0.29, 0.717) is 23.1 Å². The average Bonchev–Trinajstić information content (AvgIpc) is 2.36. The van der Waals surface area contributed by atoms with E-state index in [4.69, 9.17) is 22.1 Å². The molecule has 0 saturated heterocycles. The maximum absolute atomic E-state index is 11.2. The first-order valence-corrected chi connectivity index (χ1v) is 7.01. The van der Waals surface area contributed by atoms with Crippen LogP contribution in [0.25, 0.3) is 0 Å². The number of thioether (sulfide) groups is 1. The summed E-state index contributed by atoms with van der Waals surface area (Å²) in [6.07, 6.45) is 0. The second-order valence-corrected chi connectivity index (χ2v) is 5.37. The Morgan fingerprint density at radius 3 is 2.68 bits per heavy atom. The first-order chi connectivity index (χ1) is 9.13. The summed E-state index contributed by atoms with van der Waals surface area (Å²) in [6, 6.07) is 10.3. The van der Waals surface area contributed by atoms with E-state index in [9.17, 15) is 4.79 Å². The first kappa shape index (κ1) is 13.8. The van der Waals surface area contributed by atoms with E-state index in [0.717, 1.165) is 10.8 Å². The summed E-state index contributed by atoms with van der Waals surface area (Å²) in [5, 5.41) is 1.42. The lowest BCUT2D eigenvalue weighted by Gasteiger charge is -2.06. The number of hydrogen-bond acceptors (Lipinski definition) is 4. The molecule has 0 amide bonds. The first-order valence-electron chi connectivity index (χ1n) is 5.64. The lowest BCUT2D eigenvalue weighted by Crippen LogP contribution is -2.07. The third-order valence-corrected chi connectivity index (χ3v) is 3.42. The SMILES string of the molecule is Nc1cc(SCCOc2ccc(Cl)cc2)[nH]c(=O)c1. The van der Waals surface area contributed by atoms with Crippen LogP contribution in [0.1, 0.15) is 0 Å². The van der Waals surface area contributed by atoms with Crippen LogP contribution in [0.2, 0.25) is 5.02 Å². The fourth-order valence-corrected chi connectivity index (χ4v) is 2.36. The number of aromatic nitrogens is 1. The van der Waals surface area contributed by atoms with Gasteiger partial charge in [0.1, 0.15) is 5.75 Å². The minimum atomic E-state index is -0.193. The Morgan fingerprint density at radius 2 is 2.00 bits per heavy atom. The predicted octanol–water partition coefficient (Wildman–Crippen LogP) is 2.78. The van der Waals surface area contributed by atoms with Crippen LogP contribution in [-0.2, 0) is 0 Å². The molecule has 2 rings (SSSR count). The van der Waals surface area contributed by atoms with Gasteiger partial charge in [0.2, 0.25) is 0 Å². The van der Waals surface area contributed by atoms with Crippen molar-refractivity contribution in [3.8, 4) is 5.75 Å². The van der Waals surface area contributed by atoms with E-state index in [2.05, 4.69) is 4.98 Å². The van der Waals surface area contributed by atoms with Gasteiger partial charge in [-0.1, -0.05) is 11.6 Å². The van der Waals surface area contributed by atoms with Crippen molar-refractivity contribution < 1.29 is 4.74 Å². The molecule has 0 bridgehead atoms. The molecule has 0 saturated carbocycles. The number of H-pyrrole nitrogens is 1. The molecular formula is C13H13ClN2O2S. The Bertz CT molecular complexity index is 598. The van der Waals surface area contributed by atoms with Crippen molar-refractivity contribution in [2.45, 2.75) is 5.03 Å². The van der Waals surface area contributed by atoms with E-state index in [1.54, 1.807) is 18.2 Å². The van der Waals surface area contributed by atoms with Crippen molar-refractivity contribution in [1.29, 1.82) is 0 Å². The lowest BCUT2D eigenvalue weighted by atomic mass is 10.3. The van der Waals surface area contributed by atoms with Gasteiger partial charge in [-0.2, -0.15) is 0 Å². The van der Waals surface area contributed by atoms with E-state index in [-0.39, 0.29) is 5.56 Å². The summed E-state index contributed by atoms with van der Waals surface area (Å²) in [4.78, 5) is 13.9. The van der Waals surface area contributed by atoms with Gasteiger partial charge in [0, 0.05) is 22.5 Å². The standard InChI is InChI=1S/C13H13ClN2O2S/c14-9-1-3-11(4-2-9)18-5-6-19-13-8-10(15)7-12(17)16-13/h1-4,7-8H,5-6H2,(H3,15,16,17). The molecule has 1 aromatic carbocycles. The fraction of sp³-hybridized carbons (Fsp3) is 0.154. The molecule has 0 spiro atoms. The monoisotopic (exact) mass is 296 g/mol. The summed E-state index contributed by atoms with van der Waals surface area (Å²) >= 11 is 7.26. The third-order valence-electron chi connectivity index (χ3n) is 2.27. The van der Waals surface area contributed by atoms with Crippen LogP contribution in [0, 0.1) is 0 Å². The number of nitrogens with two attached hydrogens (primary N) is 1. The Hall–Kier alpha value is -1.59. The molecule has 0 fully saturated rings. The quantitative estimate of drug-likeness (QED) is 0.657. The van der Waals surface area contributed by atoms with Gasteiger partial charge in [0.05, 0.1) is 11.6 Å². The number of anilines is 1. The van der Waals surface area contributed by atoms with Crippen molar-refractivity contribution in [1.82, 2.24) is 4.98 Å². The molecule has 100 valence electrons. The van der Waals surface area contributed by atoms with Gasteiger partial charge in [-0.25, -0.2) is 0 Å². The van der Waals surface area contributed by atoms with Crippen molar-refractivity contribution in [3.63, 3.8) is 0 Å². The van der Waals surface area contributed by atoms with E-state index in [1.165, 1.54) is 17.8 Å². The molecule has 0 aliphatic carbocycles. The predicted molar refractivity (Wildman–Crippen MR) is 79.1 cm³/mol. The Morgan fingerprint density at radius 1 is 1.26 bits per heavy atom. The average molecular weight is 297 g/mol. The summed E-state index contributed by atoms with van der Waals surface area (Å²) in [5.74, 6) is 1.48. The highest BCUT2D eigenvalue weighted by Crippen LogP contribution is 2.18. The molecule has 2 aromatic rings. The van der Waals surface area contributed by atoms with Crippen LogP contribution >= 0.6 is 23.4 Å². The van der Waals surface area contributed by atoms with Gasteiger partial charge < -0.3 is 15.5 Å². The smallest absolute Gasteiger partial charge is 0.250 e. The lowest BCUT2D eigenvalue weighted by molar-refractivity contribution is 0.344. The number of pyridine rings is 1. The number of nitrogen functional groups attached to an aromatic ring is 1. The van der Waals surface area contributed by atoms with Gasteiger partial charge in [0.25, 0.3) is 5.56 Å². The van der Waals surface area contributed by atoms with E-state index >= 15 is 0 Å². The number of rotatable bonds is 5. The van der Waals surface area contributed by atoms with Crippen molar-refractivity contribution >= 4 is 29.1 Å². The third kappa shape index (κ3) is 4.54. The largest absolute Gasteiger partial charge is 0.493 e. The molecule has 1 aromatic heterocycles. The number of aromatic amines is 1. The van der Waals surface area contributed by atoms with Gasteiger partial charge in [0.15, 0.2) is 0 Å². The fourth-order valence-electron chi connectivity index (χ4n) is 1.46. The summed E-state index contributed by atoms with van der Waals surface area (Å²) in [6.45, 7) is 0.531. The maximum atomic E-state index is 11.2. The highest BCUT2D eigenvalue weighted by Gasteiger charge is 1.99. The molecule has 0 aliphatic rings. The van der Waals surface area contributed by atoms with Crippen LogP contribution in [0.5, 0.6) is 5.75 Å². The van der Waals surface area contributed by atoms with E-state index in [1.807, 2.05) is 12.1 Å². The van der Waals surface area contributed by atoms with Crippen LogP contribution in [-0.4, -0.2) is 17.3 Å². The number of halogens is 1. The summed E-state index contributed by atoms with van der Waals surface area (Å²) in [7, 11) is 0. The molecule has 1 heterocycles. The second kappa shape index (κ2) is 6.54. The normalized spacial score (nSPS) is 10.4. The number of ether oxygens (including phenoxy) is 1. The zero-order chi connectivity index (χ0) is 13.7. The van der Waals surface area contributed by atoms with Crippen molar-refractivity contribution in [3.05, 3.63) is 51.8 Å². The second-order valence-electron chi connectivity index (χ2n) is 3.79. The Kier molecular flexibility index (Phi) is 4.76. The molecule has 0 unspecified atom stereocenters. The Labute approximate surface area is 119 Å². The van der Waals surface area contributed by atoms with Gasteiger partial charge >= 0.3 is 0 Å². The van der Waals surface area contributed by atoms with Crippen molar-refractivity contribution in [2.75, 3.05) is 18.1 Å². The minimum Gasteiger partial charge on any atom is -0.493 e. The molecule has 4 nitrogen and oxygen atoms in total. The topological polar surface area (TPSA) is 68.1 Å². The zero-order valence-corrected chi connectivity index (χ0v) is 11.6. The molecule has 3 N–H and O–H groups in total. The van der Waals surface area contributed by atoms with Crippen LogP contribution in [0.15, 0.2) is 46.2 Å². The zero-order valence-electron chi connectivity index (χ0n) is 10.1. The molecule has 0 atom stereocenters. The molecule has 0 aliphatic heterocycles. The molecule has 0 radical (unpaired) electrons. The highest BCUT2D eigenvalue weighted by atomic mass is 35.5.